The molecule has 0 unspecified atom stereocenters. The van der Waals surface area contributed by atoms with E-state index in [1.807, 2.05) is 0 Å². The molecule has 1 atom stereocenters. The normalized spacial score (nSPS) is 15.9. The van der Waals surface area contributed by atoms with Gasteiger partial charge < -0.3 is 14.6 Å². The standard InChI is InChI=1S/C22H18FN7O2/c1-32-14-5-6-18-15(10-26-29(18)11-14)22(31)28-8-7-16-20(25-12-24-16)21(28)17-9-13-3-2-4-19(23)30(13)27-17/h2-6,9-12,21H,7-8H2,1H3,(H,24,25)/t21-/m0/s1. The average molecular weight is 431 g/mol. The molecule has 1 N–H and O–H groups in total. The Morgan fingerprint density at radius 2 is 2.19 bits per heavy atom. The van der Waals surface area contributed by atoms with Crippen molar-refractivity contribution in [2.45, 2.75) is 12.5 Å². The van der Waals surface area contributed by atoms with Gasteiger partial charge in [-0.2, -0.15) is 14.6 Å². The molecular weight excluding hydrogens is 413 g/mol. The quantitative estimate of drug-likeness (QED) is 0.444. The van der Waals surface area contributed by atoms with Crippen molar-refractivity contribution in [1.82, 2.24) is 34.1 Å². The van der Waals surface area contributed by atoms with Gasteiger partial charge in [0.1, 0.15) is 11.8 Å². The highest BCUT2D eigenvalue weighted by Gasteiger charge is 2.37. The highest BCUT2D eigenvalue weighted by molar-refractivity contribution is 6.01. The second-order valence-electron chi connectivity index (χ2n) is 7.63. The number of fused-ring (bicyclic) bond motifs is 3. The minimum atomic E-state index is -0.551. The molecule has 0 spiro atoms. The smallest absolute Gasteiger partial charge is 0.258 e. The SMILES string of the molecule is COc1ccc2c(C(=O)N3CCc4[nH]cnc4[C@@H]3c3cc4cccc(F)n4n3)cnn2c1. The van der Waals surface area contributed by atoms with Gasteiger partial charge in [0.2, 0.25) is 5.95 Å². The van der Waals surface area contributed by atoms with Gasteiger partial charge in [-0.05, 0) is 30.3 Å². The van der Waals surface area contributed by atoms with Gasteiger partial charge >= 0.3 is 0 Å². The molecule has 9 nitrogen and oxygen atoms in total. The monoisotopic (exact) mass is 431 g/mol. The van der Waals surface area contributed by atoms with Gasteiger partial charge in [0.25, 0.3) is 5.91 Å². The first-order chi connectivity index (χ1) is 15.6. The first-order valence-electron chi connectivity index (χ1n) is 10.1. The number of amides is 1. The van der Waals surface area contributed by atoms with Crippen LogP contribution < -0.4 is 4.74 Å². The van der Waals surface area contributed by atoms with Crippen LogP contribution in [0.1, 0.15) is 33.5 Å². The third-order valence-corrected chi connectivity index (χ3v) is 5.88. The fourth-order valence-corrected chi connectivity index (χ4v) is 4.34. The average Bonchev–Trinajstić information content (AvgIpc) is 3.55. The molecule has 0 fully saturated rings. The third-order valence-electron chi connectivity index (χ3n) is 5.88. The number of carbonyl (C=O) groups excluding carboxylic acids is 1. The summed E-state index contributed by atoms with van der Waals surface area (Å²) in [4.78, 5) is 23.1. The molecular formula is C22H18FN7O2. The van der Waals surface area contributed by atoms with Crippen LogP contribution in [0, 0.1) is 5.95 Å². The topological polar surface area (TPSA) is 92.8 Å². The first-order valence-corrected chi connectivity index (χ1v) is 10.1. The maximum Gasteiger partial charge on any atom is 0.258 e. The molecule has 0 radical (unpaired) electrons. The Balaban J connectivity index is 1.47. The van der Waals surface area contributed by atoms with Crippen molar-refractivity contribution in [3.63, 3.8) is 0 Å². The Morgan fingerprint density at radius 3 is 3.03 bits per heavy atom. The van der Waals surface area contributed by atoms with Crippen LogP contribution in [0.5, 0.6) is 5.75 Å². The van der Waals surface area contributed by atoms with Gasteiger partial charge in [-0.3, -0.25) is 4.79 Å². The predicted octanol–water partition coefficient (Wildman–Crippen LogP) is 2.64. The van der Waals surface area contributed by atoms with Gasteiger partial charge in [-0.1, -0.05) is 6.07 Å². The molecule has 1 amide bonds. The van der Waals surface area contributed by atoms with Crippen LogP contribution in [0.15, 0.2) is 55.1 Å². The number of aromatic nitrogens is 6. The van der Waals surface area contributed by atoms with E-state index < -0.39 is 12.0 Å². The summed E-state index contributed by atoms with van der Waals surface area (Å²) in [5.74, 6) is -0.0223. The van der Waals surface area contributed by atoms with Crippen LogP contribution in [0.4, 0.5) is 4.39 Å². The number of nitrogens with zero attached hydrogens (tertiary/aromatic N) is 6. The third kappa shape index (κ3) is 2.69. The van der Waals surface area contributed by atoms with Gasteiger partial charge in [-0.25, -0.2) is 14.0 Å². The van der Waals surface area contributed by atoms with Gasteiger partial charge in [-0.15, -0.1) is 0 Å². The van der Waals surface area contributed by atoms with Crippen LogP contribution in [-0.2, 0) is 6.42 Å². The number of hydrogen-bond donors (Lipinski definition) is 1. The van der Waals surface area contributed by atoms with Crippen molar-refractivity contribution in [3.05, 3.63) is 83.7 Å². The number of carbonyl (C=O) groups is 1. The van der Waals surface area contributed by atoms with Crippen LogP contribution in [0.2, 0.25) is 0 Å². The largest absolute Gasteiger partial charge is 0.495 e. The summed E-state index contributed by atoms with van der Waals surface area (Å²) in [7, 11) is 1.58. The molecule has 0 saturated carbocycles. The minimum Gasteiger partial charge on any atom is -0.495 e. The molecule has 6 rings (SSSR count). The van der Waals surface area contributed by atoms with Gasteiger partial charge in [0.05, 0.1) is 53.8 Å². The van der Waals surface area contributed by atoms with Gasteiger partial charge in [0, 0.05) is 18.7 Å². The molecule has 5 aromatic heterocycles. The fraction of sp³-hybridized carbons (Fsp3) is 0.182. The van der Waals surface area contributed by atoms with Crippen LogP contribution in [0.3, 0.4) is 0 Å². The summed E-state index contributed by atoms with van der Waals surface area (Å²) >= 11 is 0. The lowest BCUT2D eigenvalue weighted by atomic mass is 9.98. The molecule has 0 aromatic carbocycles. The molecule has 0 aliphatic carbocycles. The molecule has 10 heteroatoms. The van der Waals surface area contributed by atoms with E-state index in [-0.39, 0.29) is 5.91 Å². The summed E-state index contributed by atoms with van der Waals surface area (Å²) in [5.41, 5.74) is 3.95. The lowest BCUT2D eigenvalue weighted by Crippen LogP contribution is -2.41. The van der Waals surface area contributed by atoms with E-state index in [1.54, 1.807) is 65.6 Å². The zero-order valence-electron chi connectivity index (χ0n) is 17.1. The molecule has 0 saturated heterocycles. The number of pyridine rings is 2. The lowest BCUT2D eigenvalue weighted by molar-refractivity contribution is 0.0689. The fourth-order valence-electron chi connectivity index (χ4n) is 4.34. The van der Waals surface area contributed by atoms with E-state index in [2.05, 4.69) is 20.2 Å². The van der Waals surface area contributed by atoms with E-state index in [0.29, 0.717) is 46.7 Å². The van der Waals surface area contributed by atoms with E-state index in [1.165, 1.54) is 10.6 Å². The Labute approximate surface area is 181 Å². The molecule has 0 bridgehead atoms. The summed E-state index contributed by atoms with van der Waals surface area (Å²) in [6.45, 7) is 0.461. The van der Waals surface area contributed by atoms with Crippen molar-refractivity contribution in [2.24, 2.45) is 0 Å². The zero-order chi connectivity index (χ0) is 21.8. The van der Waals surface area contributed by atoms with E-state index in [4.69, 9.17) is 4.74 Å². The van der Waals surface area contributed by atoms with Crippen molar-refractivity contribution in [2.75, 3.05) is 13.7 Å². The molecule has 32 heavy (non-hydrogen) atoms. The van der Waals surface area contributed by atoms with Crippen molar-refractivity contribution >= 4 is 16.9 Å². The number of imidazole rings is 1. The summed E-state index contributed by atoms with van der Waals surface area (Å²) < 4.78 is 22.4. The number of methoxy groups -OCH3 is 1. The zero-order valence-corrected chi connectivity index (χ0v) is 17.1. The number of halogens is 1. The Morgan fingerprint density at radius 1 is 1.28 bits per heavy atom. The maximum absolute atomic E-state index is 14.3. The Hall–Kier alpha value is -4.21. The highest BCUT2D eigenvalue weighted by atomic mass is 19.1. The van der Waals surface area contributed by atoms with E-state index in [0.717, 1.165) is 5.69 Å². The molecule has 1 aliphatic heterocycles. The van der Waals surface area contributed by atoms with Crippen molar-refractivity contribution in [3.8, 4) is 5.75 Å². The second kappa shape index (κ2) is 6.91. The van der Waals surface area contributed by atoms with Crippen LogP contribution >= 0.6 is 0 Å². The number of rotatable bonds is 3. The number of aromatic amines is 1. The minimum absolute atomic E-state index is 0.193. The maximum atomic E-state index is 14.3. The Kier molecular flexibility index (Phi) is 4.00. The van der Waals surface area contributed by atoms with Crippen LogP contribution in [0.25, 0.3) is 11.0 Å². The number of ether oxygens (including phenoxy) is 1. The predicted molar refractivity (Wildman–Crippen MR) is 112 cm³/mol. The molecule has 1 aliphatic rings. The second-order valence-corrected chi connectivity index (χ2v) is 7.63. The number of hydrogen-bond acceptors (Lipinski definition) is 5. The Bertz CT molecular complexity index is 1480. The summed E-state index contributed by atoms with van der Waals surface area (Å²) in [6.07, 6.45) is 5.52. The molecule has 5 aromatic rings. The summed E-state index contributed by atoms with van der Waals surface area (Å²) in [6, 6.07) is 9.59. The van der Waals surface area contributed by atoms with E-state index in [9.17, 15) is 9.18 Å². The van der Waals surface area contributed by atoms with Crippen molar-refractivity contribution in [1.29, 1.82) is 0 Å². The number of H-pyrrole nitrogens is 1. The molecule has 6 heterocycles. The first kappa shape index (κ1) is 18.6. The number of nitrogens with one attached hydrogen (secondary N) is 1. The lowest BCUT2D eigenvalue weighted by Gasteiger charge is -2.33. The van der Waals surface area contributed by atoms with Gasteiger partial charge in [0.15, 0.2) is 0 Å². The summed E-state index contributed by atoms with van der Waals surface area (Å²) in [5, 5.41) is 8.79. The van der Waals surface area contributed by atoms with Crippen LogP contribution in [-0.4, -0.2) is 53.7 Å². The van der Waals surface area contributed by atoms with E-state index >= 15 is 0 Å². The molecule has 160 valence electrons. The van der Waals surface area contributed by atoms with Crippen molar-refractivity contribution < 1.29 is 13.9 Å². The highest BCUT2D eigenvalue weighted by Crippen LogP contribution is 2.35.